The van der Waals surface area contributed by atoms with Gasteiger partial charge in [0, 0.05) is 35.4 Å². The fraction of sp³-hybridized carbons (Fsp3) is 0.571. The minimum absolute atomic E-state index is 0.191. The second-order valence-electron chi connectivity index (χ2n) is 5.01. The Morgan fingerprint density at radius 3 is 2.67 bits per heavy atom. The van der Waals surface area contributed by atoms with E-state index in [9.17, 15) is 5.11 Å². The monoisotopic (exact) mass is 312 g/mol. The second kappa shape index (κ2) is 6.04. The zero-order chi connectivity index (χ0) is 13.1. The van der Waals surface area contributed by atoms with E-state index in [1.807, 2.05) is 13.0 Å². The van der Waals surface area contributed by atoms with Crippen molar-refractivity contribution in [3.8, 4) is 0 Å². The molecule has 3 N–H and O–H groups in total. The number of halogens is 1. The average molecular weight is 313 g/mol. The maximum atomic E-state index is 9.63. The molecule has 1 aromatic carbocycles. The summed E-state index contributed by atoms with van der Waals surface area (Å²) in [7, 11) is 0. The fourth-order valence-electron chi connectivity index (χ4n) is 2.67. The van der Waals surface area contributed by atoms with E-state index < -0.39 is 0 Å². The summed E-state index contributed by atoms with van der Waals surface area (Å²) in [5.41, 5.74) is 8.24. The largest absolute Gasteiger partial charge is 0.393 e. The first-order valence-corrected chi connectivity index (χ1v) is 7.33. The standard InChI is InChI=1S/C14H21BrN2O/c1-10(18)11-5-7-17(8-6-11)14-4-2-3-13(15)12(14)9-16/h2-4,10-11,18H,5-9,16H2,1H3. The highest BCUT2D eigenvalue weighted by Crippen LogP contribution is 2.31. The van der Waals surface area contributed by atoms with Crippen LogP contribution in [0.25, 0.3) is 0 Å². The quantitative estimate of drug-likeness (QED) is 0.901. The van der Waals surface area contributed by atoms with Gasteiger partial charge in [0.05, 0.1) is 6.10 Å². The van der Waals surface area contributed by atoms with Crippen molar-refractivity contribution < 1.29 is 5.11 Å². The molecule has 1 saturated heterocycles. The molecule has 0 radical (unpaired) electrons. The molecule has 0 amide bonds. The lowest BCUT2D eigenvalue weighted by Gasteiger charge is -2.36. The topological polar surface area (TPSA) is 49.5 Å². The highest BCUT2D eigenvalue weighted by atomic mass is 79.9. The summed E-state index contributed by atoms with van der Waals surface area (Å²) >= 11 is 3.56. The van der Waals surface area contributed by atoms with Gasteiger partial charge in [-0.3, -0.25) is 0 Å². The molecule has 100 valence electrons. The van der Waals surface area contributed by atoms with Gasteiger partial charge >= 0.3 is 0 Å². The van der Waals surface area contributed by atoms with Crippen molar-refractivity contribution in [3.63, 3.8) is 0 Å². The van der Waals surface area contributed by atoms with Crippen LogP contribution in [-0.2, 0) is 6.54 Å². The summed E-state index contributed by atoms with van der Waals surface area (Å²) in [6.45, 7) is 4.44. The Hall–Kier alpha value is -0.580. The van der Waals surface area contributed by atoms with Gasteiger partial charge in [0.2, 0.25) is 0 Å². The normalized spacial score (nSPS) is 19.0. The Morgan fingerprint density at radius 2 is 2.11 bits per heavy atom. The number of piperidine rings is 1. The van der Waals surface area contributed by atoms with Gasteiger partial charge in [-0.25, -0.2) is 0 Å². The number of nitrogens with two attached hydrogens (primary N) is 1. The number of benzene rings is 1. The van der Waals surface area contributed by atoms with E-state index in [1.54, 1.807) is 0 Å². The van der Waals surface area contributed by atoms with Gasteiger partial charge in [-0.05, 0) is 37.8 Å². The minimum Gasteiger partial charge on any atom is -0.393 e. The van der Waals surface area contributed by atoms with Crippen LogP contribution >= 0.6 is 15.9 Å². The average Bonchev–Trinajstić information content (AvgIpc) is 2.38. The van der Waals surface area contributed by atoms with E-state index in [-0.39, 0.29) is 6.10 Å². The molecule has 1 atom stereocenters. The molecule has 0 bridgehead atoms. The summed E-state index contributed by atoms with van der Waals surface area (Å²) in [4.78, 5) is 2.38. The highest BCUT2D eigenvalue weighted by Gasteiger charge is 2.24. The van der Waals surface area contributed by atoms with Crippen LogP contribution in [0.15, 0.2) is 22.7 Å². The summed E-state index contributed by atoms with van der Waals surface area (Å²) in [5.74, 6) is 0.440. The van der Waals surface area contributed by atoms with Crippen LogP contribution in [0.5, 0.6) is 0 Å². The van der Waals surface area contributed by atoms with Crippen molar-refractivity contribution >= 4 is 21.6 Å². The van der Waals surface area contributed by atoms with Crippen LogP contribution in [0.1, 0.15) is 25.3 Å². The van der Waals surface area contributed by atoms with Crippen molar-refractivity contribution in [3.05, 3.63) is 28.2 Å². The van der Waals surface area contributed by atoms with Gasteiger partial charge < -0.3 is 15.7 Å². The first-order valence-electron chi connectivity index (χ1n) is 6.54. The van der Waals surface area contributed by atoms with E-state index in [0.717, 1.165) is 30.4 Å². The van der Waals surface area contributed by atoms with Crippen LogP contribution in [0.4, 0.5) is 5.69 Å². The molecule has 0 spiro atoms. The second-order valence-corrected chi connectivity index (χ2v) is 5.86. The summed E-state index contributed by atoms with van der Waals surface area (Å²) in [5, 5.41) is 9.63. The van der Waals surface area contributed by atoms with Crippen LogP contribution in [0.2, 0.25) is 0 Å². The molecule has 1 aromatic rings. The van der Waals surface area contributed by atoms with Gasteiger partial charge in [-0.2, -0.15) is 0 Å². The number of nitrogens with zero attached hydrogens (tertiary/aromatic N) is 1. The SMILES string of the molecule is CC(O)C1CCN(c2cccc(Br)c2CN)CC1. The molecule has 18 heavy (non-hydrogen) atoms. The molecule has 3 nitrogen and oxygen atoms in total. The molecule has 1 heterocycles. The van der Waals surface area contributed by atoms with Crippen LogP contribution in [-0.4, -0.2) is 24.3 Å². The number of hydrogen-bond donors (Lipinski definition) is 2. The highest BCUT2D eigenvalue weighted by molar-refractivity contribution is 9.10. The number of hydrogen-bond acceptors (Lipinski definition) is 3. The van der Waals surface area contributed by atoms with Gasteiger partial charge in [0.15, 0.2) is 0 Å². The fourth-order valence-corrected chi connectivity index (χ4v) is 3.19. The molecule has 2 rings (SSSR count). The summed E-state index contributed by atoms with van der Waals surface area (Å²) in [6, 6.07) is 6.23. The van der Waals surface area contributed by atoms with E-state index in [1.165, 1.54) is 11.3 Å². The molecule has 0 saturated carbocycles. The van der Waals surface area contributed by atoms with Crippen LogP contribution in [0, 0.1) is 5.92 Å². The third-order valence-corrected chi connectivity index (χ3v) is 4.60. The lowest BCUT2D eigenvalue weighted by atomic mass is 9.91. The zero-order valence-electron chi connectivity index (χ0n) is 10.8. The number of anilines is 1. The summed E-state index contributed by atoms with van der Waals surface area (Å²) < 4.78 is 1.08. The van der Waals surface area contributed by atoms with Gasteiger partial charge in [0.25, 0.3) is 0 Å². The zero-order valence-corrected chi connectivity index (χ0v) is 12.4. The molecule has 1 aliphatic heterocycles. The maximum Gasteiger partial charge on any atom is 0.0541 e. The molecule has 0 aliphatic carbocycles. The Bertz CT molecular complexity index is 401. The molecule has 1 unspecified atom stereocenters. The van der Waals surface area contributed by atoms with E-state index in [2.05, 4.69) is 33.0 Å². The van der Waals surface area contributed by atoms with Crippen molar-refractivity contribution in [2.45, 2.75) is 32.4 Å². The van der Waals surface area contributed by atoms with Crippen molar-refractivity contribution in [2.75, 3.05) is 18.0 Å². The number of aliphatic hydroxyl groups is 1. The lowest BCUT2D eigenvalue weighted by molar-refractivity contribution is 0.110. The van der Waals surface area contributed by atoms with Gasteiger partial charge in [-0.15, -0.1) is 0 Å². The Balaban J connectivity index is 2.12. The predicted octanol–water partition coefficient (Wildman–Crippen LogP) is 2.51. The molecule has 1 aliphatic rings. The van der Waals surface area contributed by atoms with Gasteiger partial charge in [0.1, 0.15) is 0 Å². The third kappa shape index (κ3) is 2.87. The molecular weight excluding hydrogens is 292 g/mol. The van der Waals surface area contributed by atoms with Crippen molar-refractivity contribution in [1.82, 2.24) is 0 Å². The smallest absolute Gasteiger partial charge is 0.0541 e. The van der Waals surface area contributed by atoms with Gasteiger partial charge in [-0.1, -0.05) is 22.0 Å². The molecule has 4 heteroatoms. The van der Waals surface area contributed by atoms with Crippen molar-refractivity contribution in [1.29, 1.82) is 0 Å². The Kier molecular flexibility index (Phi) is 4.65. The molecule has 1 fully saturated rings. The first kappa shape index (κ1) is 13.8. The van der Waals surface area contributed by atoms with E-state index in [0.29, 0.717) is 12.5 Å². The van der Waals surface area contributed by atoms with Crippen LogP contribution in [0.3, 0.4) is 0 Å². The summed E-state index contributed by atoms with van der Waals surface area (Å²) in [6.07, 6.45) is 1.91. The van der Waals surface area contributed by atoms with Crippen LogP contribution < -0.4 is 10.6 Å². The maximum absolute atomic E-state index is 9.63. The first-order chi connectivity index (χ1) is 8.63. The Labute approximate surface area is 117 Å². The molecular formula is C14H21BrN2O. The van der Waals surface area contributed by atoms with Crippen molar-refractivity contribution in [2.24, 2.45) is 11.7 Å². The van der Waals surface area contributed by atoms with E-state index in [4.69, 9.17) is 5.73 Å². The molecule has 0 aromatic heterocycles. The number of rotatable bonds is 3. The van der Waals surface area contributed by atoms with E-state index >= 15 is 0 Å². The lowest BCUT2D eigenvalue weighted by Crippen LogP contribution is -2.37. The predicted molar refractivity (Wildman–Crippen MR) is 78.7 cm³/mol. The third-order valence-electron chi connectivity index (χ3n) is 3.86. The number of aliphatic hydroxyl groups excluding tert-OH is 1. The minimum atomic E-state index is -0.191. The Morgan fingerprint density at radius 1 is 1.44 bits per heavy atom.